The number of rotatable bonds is 6. The van der Waals surface area contributed by atoms with Crippen molar-refractivity contribution < 1.29 is 24.2 Å². The first-order valence-electron chi connectivity index (χ1n) is 6.49. The molecule has 1 aliphatic rings. The fraction of sp³-hybridized carbons (Fsp3) is 0.846. The maximum absolute atomic E-state index is 10.9. The minimum Gasteiger partial charge on any atom is -0.481 e. The summed E-state index contributed by atoms with van der Waals surface area (Å²) in [6.07, 6.45) is 2.64. The lowest BCUT2D eigenvalue weighted by atomic mass is 10.0. The lowest BCUT2D eigenvalue weighted by molar-refractivity contribution is -0.149. The number of hydrogen-bond acceptors (Lipinski definition) is 4. The smallest absolute Gasteiger partial charge is 0.308 e. The Hall–Kier alpha value is -1.10. The molecule has 0 bridgehead atoms. The van der Waals surface area contributed by atoms with Crippen molar-refractivity contribution >= 4 is 11.9 Å². The van der Waals surface area contributed by atoms with Crippen LogP contribution < -0.4 is 0 Å². The molecule has 0 aromatic heterocycles. The molecular weight excluding hydrogens is 236 g/mol. The second kappa shape index (κ2) is 6.73. The summed E-state index contributed by atoms with van der Waals surface area (Å²) in [4.78, 5) is 21.8. The van der Waals surface area contributed by atoms with Crippen LogP contribution in [0.5, 0.6) is 0 Å². The molecule has 0 saturated carbocycles. The molecule has 1 fully saturated rings. The fourth-order valence-corrected chi connectivity index (χ4v) is 2.26. The van der Waals surface area contributed by atoms with Gasteiger partial charge < -0.3 is 14.6 Å². The molecule has 1 N–H and O–H groups in total. The molecule has 0 spiro atoms. The number of carbonyl (C=O) groups is 2. The van der Waals surface area contributed by atoms with Gasteiger partial charge in [0, 0.05) is 13.3 Å². The zero-order valence-corrected chi connectivity index (χ0v) is 11.2. The van der Waals surface area contributed by atoms with Crippen molar-refractivity contribution in [3.05, 3.63) is 0 Å². The van der Waals surface area contributed by atoms with Gasteiger partial charge in [0.25, 0.3) is 0 Å². The summed E-state index contributed by atoms with van der Waals surface area (Å²) in [6.45, 7) is 5.02. The topological polar surface area (TPSA) is 72.8 Å². The molecular formula is C13H22O5. The van der Waals surface area contributed by atoms with E-state index in [9.17, 15) is 9.59 Å². The normalized spacial score (nSPS) is 26.6. The maximum atomic E-state index is 10.9. The van der Waals surface area contributed by atoms with Crippen LogP contribution in [0.2, 0.25) is 0 Å². The van der Waals surface area contributed by atoms with Crippen LogP contribution in [0.1, 0.15) is 46.5 Å². The van der Waals surface area contributed by atoms with E-state index in [2.05, 4.69) is 0 Å². The summed E-state index contributed by atoms with van der Waals surface area (Å²) in [7, 11) is 0. The fourth-order valence-electron chi connectivity index (χ4n) is 2.26. The first-order chi connectivity index (χ1) is 8.43. The second-order valence-electron chi connectivity index (χ2n) is 4.88. The monoisotopic (exact) mass is 258 g/mol. The van der Waals surface area contributed by atoms with Crippen LogP contribution >= 0.6 is 0 Å². The largest absolute Gasteiger partial charge is 0.481 e. The van der Waals surface area contributed by atoms with Crippen LogP contribution in [0.15, 0.2) is 0 Å². The van der Waals surface area contributed by atoms with E-state index in [4.69, 9.17) is 14.6 Å². The van der Waals surface area contributed by atoms with Gasteiger partial charge in [-0.25, -0.2) is 0 Å². The third-order valence-corrected chi connectivity index (χ3v) is 3.40. The first kappa shape index (κ1) is 15.0. The summed E-state index contributed by atoms with van der Waals surface area (Å²) in [6, 6.07) is 0. The molecule has 1 rings (SSSR count). The van der Waals surface area contributed by atoms with Gasteiger partial charge in [0.15, 0.2) is 0 Å². The van der Waals surface area contributed by atoms with E-state index in [0.717, 1.165) is 19.3 Å². The van der Waals surface area contributed by atoms with E-state index in [0.29, 0.717) is 6.42 Å². The highest BCUT2D eigenvalue weighted by atomic mass is 16.5. The standard InChI is InChI=1S/C13H22O5/c1-4-10(17-9(3)14)7-11-5-6-12(18-11)8(2)13(15)16/h8,10-12H,4-7H2,1-3H3,(H,15,16)/t8-,10+,11+,12-/m0/s1. The molecule has 0 aromatic rings. The van der Waals surface area contributed by atoms with E-state index in [-0.39, 0.29) is 24.3 Å². The van der Waals surface area contributed by atoms with E-state index in [1.807, 2.05) is 6.92 Å². The second-order valence-corrected chi connectivity index (χ2v) is 4.88. The zero-order chi connectivity index (χ0) is 13.7. The summed E-state index contributed by atoms with van der Waals surface area (Å²) >= 11 is 0. The van der Waals surface area contributed by atoms with Gasteiger partial charge in [0.1, 0.15) is 6.10 Å². The highest BCUT2D eigenvalue weighted by Crippen LogP contribution is 2.29. The number of aliphatic carboxylic acids is 1. The molecule has 0 amide bonds. The van der Waals surface area contributed by atoms with E-state index < -0.39 is 11.9 Å². The Balaban J connectivity index is 2.41. The average Bonchev–Trinajstić information content (AvgIpc) is 2.74. The van der Waals surface area contributed by atoms with Gasteiger partial charge in [-0.05, 0) is 26.2 Å². The van der Waals surface area contributed by atoms with Crippen molar-refractivity contribution in [2.45, 2.75) is 64.8 Å². The third kappa shape index (κ3) is 4.29. The zero-order valence-electron chi connectivity index (χ0n) is 11.2. The molecule has 1 aliphatic heterocycles. The summed E-state index contributed by atoms with van der Waals surface area (Å²) < 4.78 is 10.9. The molecule has 1 heterocycles. The Bertz CT molecular complexity index is 302. The van der Waals surface area contributed by atoms with Gasteiger partial charge in [-0.1, -0.05) is 6.92 Å². The summed E-state index contributed by atoms with van der Waals surface area (Å²) in [5.74, 6) is -1.59. The molecule has 4 atom stereocenters. The molecule has 0 radical (unpaired) electrons. The molecule has 18 heavy (non-hydrogen) atoms. The van der Waals surface area contributed by atoms with Gasteiger partial charge in [0.05, 0.1) is 18.1 Å². The van der Waals surface area contributed by atoms with Gasteiger partial charge in [0.2, 0.25) is 0 Å². The van der Waals surface area contributed by atoms with E-state index >= 15 is 0 Å². The first-order valence-corrected chi connectivity index (χ1v) is 6.49. The van der Waals surface area contributed by atoms with Crippen molar-refractivity contribution in [2.75, 3.05) is 0 Å². The molecule has 5 heteroatoms. The minimum atomic E-state index is -0.826. The van der Waals surface area contributed by atoms with Gasteiger partial charge in [-0.15, -0.1) is 0 Å². The van der Waals surface area contributed by atoms with Gasteiger partial charge in [-0.3, -0.25) is 9.59 Å². The number of carbonyl (C=O) groups excluding carboxylic acids is 1. The number of hydrogen-bond donors (Lipinski definition) is 1. The lowest BCUT2D eigenvalue weighted by Gasteiger charge is -2.21. The van der Waals surface area contributed by atoms with E-state index in [1.54, 1.807) is 6.92 Å². The van der Waals surface area contributed by atoms with Crippen molar-refractivity contribution in [1.82, 2.24) is 0 Å². The number of esters is 1. The Labute approximate surface area is 107 Å². The van der Waals surface area contributed by atoms with Gasteiger partial charge >= 0.3 is 11.9 Å². The van der Waals surface area contributed by atoms with Crippen LogP contribution in [0.25, 0.3) is 0 Å². The van der Waals surface area contributed by atoms with Crippen molar-refractivity contribution in [1.29, 1.82) is 0 Å². The average molecular weight is 258 g/mol. The number of carboxylic acid groups (broad SMARTS) is 1. The number of carboxylic acids is 1. The van der Waals surface area contributed by atoms with Crippen molar-refractivity contribution in [2.24, 2.45) is 5.92 Å². The SMILES string of the molecule is CC[C@H](C[C@H]1CC[C@@H]([C@H](C)C(=O)O)O1)OC(C)=O. The highest BCUT2D eigenvalue weighted by molar-refractivity contribution is 5.70. The Kier molecular flexibility index (Phi) is 5.59. The third-order valence-electron chi connectivity index (χ3n) is 3.40. The predicted molar refractivity (Wildman–Crippen MR) is 65.2 cm³/mol. The molecule has 0 unspecified atom stereocenters. The summed E-state index contributed by atoms with van der Waals surface area (Å²) in [5.41, 5.74) is 0. The quantitative estimate of drug-likeness (QED) is 0.737. The highest BCUT2D eigenvalue weighted by Gasteiger charge is 2.34. The number of ether oxygens (including phenoxy) is 2. The molecule has 1 saturated heterocycles. The van der Waals surface area contributed by atoms with Crippen molar-refractivity contribution in [3.8, 4) is 0 Å². The predicted octanol–water partition coefficient (Wildman–Crippen LogP) is 1.99. The molecule has 5 nitrogen and oxygen atoms in total. The maximum Gasteiger partial charge on any atom is 0.308 e. The van der Waals surface area contributed by atoms with Crippen LogP contribution in [-0.2, 0) is 19.1 Å². The lowest BCUT2D eigenvalue weighted by Crippen LogP contribution is -2.27. The van der Waals surface area contributed by atoms with E-state index in [1.165, 1.54) is 6.92 Å². The van der Waals surface area contributed by atoms with Crippen LogP contribution in [0.3, 0.4) is 0 Å². The Morgan fingerprint density at radius 1 is 1.44 bits per heavy atom. The molecule has 104 valence electrons. The van der Waals surface area contributed by atoms with Crippen LogP contribution in [0.4, 0.5) is 0 Å². The Morgan fingerprint density at radius 3 is 2.61 bits per heavy atom. The summed E-state index contributed by atoms with van der Waals surface area (Å²) in [5, 5.41) is 8.93. The van der Waals surface area contributed by atoms with Crippen LogP contribution in [0, 0.1) is 5.92 Å². The minimum absolute atomic E-state index is 0.00102. The molecule has 0 aromatic carbocycles. The Morgan fingerprint density at radius 2 is 2.11 bits per heavy atom. The van der Waals surface area contributed by atoms with Crippen LogP contribution in [-0.4, -0.2) is 35.4 Å². The van der Waals surface area contributed by atoms with Gasteiger partial charge in [-0.2, -0.15) is 0 Å². The molecule has 0 aliphatic carbocycles. The van der Waals surface area contributed by atoms with Crippen molar-refractivity contribution in [3.63, 3.8) is 0 Å².